The summed E-state index contributed by atoms with van der Waals surface area (Å²) in [5, 5.41) is 3.67. The molecule has 1 nitrogen and oxygen atoms in total. The van der Waals surface area contributed by atoms with Gasteiger partial charge >= 0.3 is 0 Å². The molecule has 0 aliphatic heterocycles. The minimum absolute atomic E-state index is 0.163. The van der Waals surface area contributed by atoms with E-state index in [1.54, 1.807) is 12.1 Å². The summed E-state index contributed by atoms with van der Waals surface area (Å²) in [6, 6.07) is 7.76. The Kier molecular flexibility index (Phi) is 4.32. The number of benzene rings is 1. The van der Waals surface area contributed by atoms with E-state index in [-0.39, 0.29) is 5.82 Å². The monoisotopic (exact) mass is 233 g/mol. The highest BCUT2D eigenvalue weighted by Crippen LogP contribution is 2.21. The second-order valence-electron chi connectivity index (χ2n) is 4.66. The molecular formula is C15H20FN. The molecule has 2 atom stereocenters. The summed E-state index contributed by atoms with van der Waals surface area (Å²) in [6.07, 6.45) is 9.00. The highest BCUT2D eigenvalue weighted by atomic mass is 19.1. The Hall–Kier alpha value is -1.15. The molecule has 0 radical (unpaired) electrons. The summed E-state index contributed by atoms with van der Waals surface area (Å²) in [6.45, 7) is 2.17. The van der Waals surface area contributed by atoms with Crippen molar-refractivity contribution in [2.45, 2.75) is 44.7 Å². The molecular weight excluding hydrogens is 213 g/mol. The number of allylic oxidation sites excluding steroid dienone is 1. The molecule has 0 saturated carbocycles. The molecule has 0 amide bonds. The molecule has 1 aromatic rings. The first kappa shape index (κ1) is 12.3. The van der Waals surface area contributed by atoms with Crippen molar-refractivity contribution in [2.24, 2.45) is 0 Å². The van der Waals surface area contributed by atoms with Gasteiger partial charge in [-0.1, -0.05) is 31.2 Å². The topological polar surface area (TPSA) is 12.0 Å². The van der Waals surface area contributed by atoms with Crippen molar-refractivity contribution < 1.29 is 4.39 Å². The lowest BCUT2D eigenvalue weighted by atomic mass is 9.98. The van der Waals surface area contributed by atoms with E-state index in [4.69, 9.17) is 0 Å². The van der Waals surface area contributed by atoms with Crippen LogP contribution in [0, 0.1) is 5.82 Å². The minimum atomic E-state index is -0.163. The van der Waals surface area contributed by atoms with Gasteiger partial charge in [-0.05, 0) is 43.4 Å². The van der Waals surface area contributed by atoms with Crippen LogP contribution in [0.4, 0.5) is 4.39 Å². The third-order valence-corrected chi connectivity index (χ3v) is 3.39. The molecule has 92 valence electrons. The normalized spacial score (nSPS) is 21.4. The molecule has 1 N–H and O–H groups in total. The van der Waals surface area contributed by atoms with E-state index >= 15 is 0 Å². The van der Waals surface area contributed by atoms with Crippen LogP contribution in [0.3, 0.4) is 0 Å². The lowest BCUT2D eigenvalue weighted by Crippen LogP contribution is -2.33. The third kappa shape index (κ3) is 3.40. The molecule has 17 heavy (non-hydrogen) atoms. The van der Waals surface area contributed by atoms with Crippen LogP contribution in [0.5, 0.6) is 0 Å². The fraction of sp³-hybridized carbons (Fsp3) is 0.467. The fourth-order valence-electron chi connectivity index (χ4n) is 2.37. The van der Waals surface area contributed by atoms with Crippen molar-refractivity contribution >= 4 is 0 Å². The van der Waals surface area contributed by atoms with Gasteiger partial charge in [0.1, 0.15) is 5.82 Å². The summed E-state index contributed by atoms with van der Waals surface area (Å²) in [7, 11) is 0. The zero-order valence-electron chi connectivity index (χ0n) is 10.3. The fourth-order valence-corrected chi connectivity index (χ4v) is 2.37. The van der Waals surface area contributed by atoms with Crippen LogP contribution >= 0.6 is 0 Å². The van der Waals surface area contributed by atoms with E-state index in [0.717, 1.165) is 19.3 Å². The smallest absolute Gasteiger partial charge is 0.123 e. The van der Waals surface area contributed by atoms with Gasteiger partial charge in [-0.3, -0.25) is 0 Å². The van der Waals surface area contributed by atoms with Crippen LogP contribution in [0.15, 0.2) is 36.4 Å². The third-order valence-electron chi connectivity index (χ3n) is 3.39. The molecule has 1 aliphatic carbocycles. The van der Waals surface area contributed by atoms with Crippen LogP contribution in [0.2, 0.25) is 0 Å². The summed E-state index contributed by atoms with van der Waals surface area (Å²) in [5.41, 5.74) is 1.18. The number of rotatable bonds is 4. The Morgan fingerprint density at radius 1 is 1.29 bits per heavy atom. The van der Waals surface area contributed by atoms with Crippen molar-refractivity contribution in [2.75, 3.05) is 0 Å². The van der Waals surface area contributed by atoms with Crippen LogP contribution in [-0.2, 0) is 0 Å². The first-order valence-electron chi connectivity index (χ1n) is 6.46. The Morgan fingerprint density at radius 3 is 2.65 bits per heavy atom. The molecule has 2 heteroatoms. The lowest BCUT2D eigenvalue weighted by Gasteiger charge is -2.26. The van der Waals surface area contributed by atoms with Crippen molar-refractivity contribution in [3.05, 3.63) is 47.8 Å². The molecule has 0 saturated heterocycles. The predicted octanol–water partition coefficient (Wildman–Crippen LogP) is 3.98. The summed E-state index contributed by atoms with van der Waals surface area (Å²) < 4.78 is 12.9. The van der Waals surface area contributed by atoms with Gasteiger partial charge in [0.2, 0.25) is 0 Å². The highest BCUT2D eigenvalue weighted by molar-refractivity contribution is 5.20. The van der Waals surface area contributed by atoms with E-state index in [9.17, 15) is 4.39 Å². The lowest BCUT2D eigenvalue weighted by molar-refractivity contribution is 0.401. The van der Waals surface area contributed by atoms with Gasteiger partial charge in [-0.15, -0.1) is 0 Å². The average Bonchev–Trinajstić information content (AvgIpc) is 2.38. The molecule has 0 spiro atoms. The molecule has 0 fully saturated rings. The first-order chi connectivity index (χ1) is 8.29. The summed E-state index contributed by atoms with van der Waals surface area (Å²) in [4.78, 5) is 0. The largest absolute Gasteiger partial charge is 0.307 e. The predicted molar refractivity (Wildman–Crippen MR) is 69.3 cm³/mol. The van der Waals surface area contributed by atoms with Crippen LogP contribution in [0.25, 0.3) is 0 Å². The van der Waals surface area contributed by atoms with Gasteiger partial charge < -0.3 is 5.32 Å². The van der Waals surface area contributed by atoms with Gasteiger partial charge in [-0.25, -0.2) is 4.39 Å². The molecule has 0 bridgehead atoms. The van der Waals surface area contributed by atoms with Crippen LogP contribution in [-0.4, -0.2) is 6.04 Å². The highest BCUT2D eigenvalue weighted by Gasteiger charge is 2.15. The van der Waals surface area contributed by atoms with Crippen molar-refractivity contribution in [3.8, 4) is 0 Å². The number of hydrogen-bond donors (Lipinski definition) is 1. The van der Waals surface area contributed by atoms with Gasteiger partial charge in [0.25, 0.3) is 0 Å². The second kappa shape index (κ2) is 5.97. The van der Waals surface area contributed by atoms with Crippen LogP contribution < -0.4 is 5.32 Å². The quantitative estimate of drug-likeness (QED) is 0.776. The summed E-state index contributed by atoms with van der Waals surface area (Å²) in [5.74, 6) is -0.163. The molecule has 1 aromatic carbocycles. The molecule has 1 aliphatic rings. The number of nitrogens with one attached hydrogen (secondary N) is 1. The standard InChI is InChI=1S/C15H20FN/c1-2-15(12-8-10-13(16)11-9-12)17-14-6-4-3-5-7-14/h3-4,8-11,14-15,17H,2,5-7H2,1H3. The number of halogens is 1. The summed E-state index contributed by atoms with van der Waals surface area (Å²) >= 11 is 0. The Labute approximate surface area is 103 Å². The van der Waals surface area contributed by atoms with E-state index < -0.39 is 0 Å². The maximum Gasteiger partial charge on any atom is 0.123 e. The molecule has 2 rings (SSSR count). The maximum atomic E-state index is 12.9. The van der Waals surface area contributed by atoms with Gasteiger partial charge in [0.05, 0.1) is 0 Å². The molecule has 2 unspecified atom stereocenters. The zero-order valence-corrected chi connectivity index (χ0v) is 10.3. The Morgan fingerprint density at radius 2 is 2.06 bits per heavy atom. The van der Waals surface area contributed by atoms with Gasteiger partial charge in [0.15, 0.2) is 0 Å². The minimum Gasteiger partial charge on any atom is -0.307 e. The van der Waals surface area contributed by atoms with Crippen molar-refractivity contribution in [3.63, 3.8) is 0 Å². The van der Waals surface area contributed by atoms with E-state index in [1.165, 1.54) is 12.0 Å². The van der Waals surface area contributed by atoms with Gasteiger partial charge in [-0.2, -0.15) is 0 Å². The Bertz CT molecular complexity index is 369. The second-order valence-corrected chi connectivity index (χ2v) is 4.66. The maximum absolute atomic E-state index is 12.9. The first-order valence-corrected chi connectivity index (χ1v) is 6.46. The zero-order chi connectivity index (χ0) is 12.1. The number of hydrogen-bond acceptors (Lipinski definition) is 1. The molecule has 0 heterocycles. The van der Waals surface area contributed by atoms with E-state index in [0.29, 0.717) is 12.1 Å². The SMILES string of the molecule is CCC(NC1CC=CCC1)c1ccc(F)cc1. The van der Waals surface area contributed by atoms with E-state index in [2.05, 4.69) is 24.4 Å². The van der Waals surface area contributed by atoms with Crippen molar-refractivity contribution in [1.82, 2.24) is 5.32 Å². The van der Waals surface area contributed by atoms with E-state index in [1.807, 2.05) is 12.1 Å². The molecule has 0 aromatic heterocycles. The van der Waals surface area contributed by atoms with Crippen molar-refractivity contribution in [1.29, 1.82) is 0 Å². The average molecular weight is 233 g/mol. The van der Waals surface area contributed by atoms with Gasteiger partial charge in [0, 0.05) is 12.1 Å². The Balaban J connectivity index is 2.00. The van der Waals surface area contributed by atoms with Crippen LogP contribution in [0.1, 0.15) is 44.2 Å².